The van der Waals surface area contributed by atoms with Crippen molar-refractivity contribution in [1.29, 1.82) is 0 Å². The third-order valence-electron chi connectivity index (χ3n) is 5.68. The van der Waals surface area contributed by atoms with Gasteiger partial charge in [-0.15, -0.1) is 5.10 Å². The number of carbonyl (C=O) groups is 2. The lowest BCUT2D eigenvalue weighted by atomic mass is 9.92. The molecule has 0 saturated carbocycles. The van der Waals surface area contributed by atoms with Crippen LogP contribution in [-0.4, -0.2) is 50.6 Å². The lowest BCUT2D eigenvalue weighted by Crippen LogP contribution is -2.42. The second-order valence-corrected chi connectivity index (χ2v) is 8.95. The molecule has 0 aliphatic heterocycles. The van der Waals surface area contributed by atoms with Crippen LogP contribution in [-0.2, 0) is 20.9 Å². The summed E-state index contributed by atoms with van der Waals surface area (Å²) in [6.07, 6.45) is 2.23. The number of carbonyl (C=O) groups excluding carboxylic acids is 2. The van der Waals surface area contributed by atoms with Crippen molar-refractivity contribution < 1.29 is 14.3 Å². The van der Waals surface area contributed by atoms with E-state index in [9.17, 15) is 9.59 Å². The highest BCUT2D eigenvalue weighted by Gasteiger charge is 2.33. The van der Waals surface area contributed by atoms with Crippen molar-refractivity contribution in [3.8, 4) is 22.5 Å². The van der Waals surface area contributed by atoms with Crippen LogP contribution in [0.3, 0.4) is 0 Å². The molecule has 0 fully saturated rings. The van der Waals surface area contributed by atoms with Crippen molar-refractivity contribution in [2.45, 2.75) is 53.5 Å². The Morgan fingerprint density at radius 3 is 2.35 bits per heavy atom. The Balaban J connectivity index is 1.81. The summed E-state index contributed by atoms with van der Waals surface area (Å²) in [5.41, 5.74) is 3.14. The maximum atomic E-state index is 13.0. The van der Waals surface area contributed by atoms with Gasteiger partial charge < -0.3 is 9.64 Å². The summed E-state index contributed by atoms with van der Waals surface area (Å²) in [6.45, 7) is 8.55. The number of ether oxygens (including phenoxy) is 1. The summed E-state index contributed by atoms with van der Waals surface area (Å²) in [7, 11) is 0. The molecule has 8 heteroatoms. The van der Waals surface area contributed by atoms with Crippen LogP contribution in [0.4, 0.5) is 0 Å². The molecule has 0 saturated heterocycles. The highest BCUT2D eigenvalue weighted by atomic mass is 16.5. The number of esters is 1. The molecule has 34 heavy (non-hydrogen) atoms. The maximum absolute atomic E-state index is 13.0. The molecule has 1 aromatic heterocycles. The number of H-pyrrole nitrogens is 1. The number of aromatic amines is 1. The van der Waals surface area contributed by atoms with Gasteiger partial charge in [-0.2, -0.15) is 0 Å². The minimum Gasteiger partial charge on any atom is -0.466 e. The SMILES string of the molecule is CCCCC(=O)N(Cc1ccc(-c2ccccc2-c2nnn[nH]2)cc1)CC(C)(C)C(=O)OCC. The molecule has 0 aliphatic carbocycles. The summed E-state index contributed by atoms with van der Waals surface area (Å²) < 4.78 is 5.23. The van der Waals surface area contributed by atoms with Crippen molar-refractivity contribution in [2.24, 2.45) is 5.41 Å². The molecule has 8 nitrogen and oxygen atoms in total. The Bertz CT molecular complexity index is 1080. The minimum absolute atomic E-state index is 0.0477. The summed E-state index contributed by atoms with van der Waals surface area (Å²) in [6, 6.07) is 16.0. The van der Waals surface area contributed by atoms with E-state index in [-0.39, 0.29) is 11.9 Å². The normalized spacial score (nSPS) is 11.3. The van der Waals surface area contributed by atoms with Crippen molar-refractivity contribution in [3.63, 3.8) is 0 Å². The van der Waals surface area contributed by atoms with E-state index in [2.05, 4.69) is 27.5 Å². The van der Waals surface area contributed by atoms with Gasteiger partial charge in [0.05, 0.1) is 12.0 Å². The monoisotopic (exact) mass is 463 g/mol. The first-order valence-electron chi connectivity index (χ1n) is 11.7. The second kappa shape index (κ2) is 11.5. The van der Waals surface area contributed by atoms with Crippen LogP contribution in [0.2, 0.25) is 0 Å². The fourth-order valence-corrected chi connectivity index (χ4v) is 3.81. The quantitative estimate of drug-likeness (QED) is 0.416. The zero-order valence-electron chi connectivity index (χ0n) is 20.4. The largest absolute Gasteiger partial charge is 0.466 e. The smallest absolute Gasteiger partial charge is 0.313 e. The van der Waals surface area contributed by atoms with Crippen LogP contribution in [0, 0.1) is 5.41 Å². The molecule has 1 heterocycles. The zero-order valence-corrected chi connectivity index (χ0v) is 20.4. The van der Waals surface area contributed by atoms with E-state index in [4.69, 9.17) is 4.74 Å². The van der Waals surface area contributed by atoms with Crippen LogP contribution in [0.15, 0.2) is 48.5 Å². The van der Waals surface area contributed by atoms with E-state index in [1.807, 2.05) is 62.4 Å². The molecule has 1 N–H and O–H groups in total. The molecule has 3 rings (SSSR count). The maximum Gasteiger partial charge on any atom is 0.313 e. The number of hydrogen-bond donors (Lipinski definition) is 1. The van der Waals surface area contributed by atoms with Crippen LogP contribution in [0.5, 0.6) is 0 Å². The van der Waals surface area contributed by atoms with E-state index in [1.165, 1.54) is 0 Å². The molecule has 3 aromatic rings. The second-order valence-electron chi connectivity index (χ2n) is 8.95. The lowest BCUT2D eigenvalue weighted by Gasteiger charge is -2.31. The predicted octanol–water partition coefficient (Wildman–Crippen LogP) is 4.64. The van der Waals surface area contributed by atoms with Crippen LogP contribution in [0.25, 0.3) is 22.5 Å². The van der Waals surface area contributed by atoms with E-state index in [1.54, 1.807) is 11.8 Å². The number of hydrogen-bond acceptors (Lipinski definition) is 6. The summed E-state index contributed by atoms with van der Waals surface area (Å²) in [5, 5.41) is 14.2. The van der Waals surface area contributed by atoms with E-state index >= 15 is 0 Å². The predicted molar refractivity (Wildman–Crippen MR) is 130 cm³/mol. The lowest BCUT2D eigenvalue weighted by molar-refractivity contribution is -0.155. The average molecular weight is 464 g/mol. The number of benzene rings is 2. The first kappa shape index (κ1) is 25.1. The number of aromatic nitrogens is 4. The highest BCUT2D eigenvalue weighted by Crippen LogP contribution is 2.30. The molecule has 1 amide bonds. The number of unbranched alkanes of at least 4 members (excludes halogenated alkanes) is 1. The molecule has 0 radical (unpaired) electrons. The molecule has 0 atom stereocenters. The molecular weight excluding hydrogens is 430 g/mol. The van der Waals surface area contributed by atoms with Crippen molar-refractivity contribution >= 4 is 11.9 Å². The van der Waals surface area contributed by atoms with Gasteiger partial charge in [-0.25, -0.2) is 5.10 Å². The minimum atomic E-state index is -0.790. The number of nitrogens with zero attached hydrogens (tertiary/aromatic N) is 4. The van der Waals surface area contributed by atoms with Crippen molar-refractivity contribution in [3.05, 3.63) is 54.1 Å². The van der Waals surface area contributed by atoms with Gasteiger partial charge in [0.25, 0.3) is 0 Å². The summed E-state index contributed by atoms with van der Waals surface area (Å²) >= 11 is 0. The summed E-state index contributed by atoms with van der Waals surface area (Å²) in [4.78, 5) is 27.2. The third kappa shape index (κ3) is 6.27. The number of tetrazole rings is 1. The van der Waals surface area contributed by atoms with E-state index in [0.29, 0.717) is 31.9 Å². The number of rotatable bonds is 11. The van der Waals surface area contributed by atoms with Gasteiger partial charge in [0, 0.05) is 25.1 Å². The first-order valence-corrected chi connectivity index (χ1v) is 11.7. The Morgan fingerprint density at radius 2 is 1.74 bits per heavy atom. The molecule has 0 aliphatic rings. The summed E-state index contributed by atoms with van der Waals surface area (Å²) in [5.74, 6) is 0.359. The molecule has 0 bridgehead atoms. The van der Waals surface area contributed by atoms with Crippen LogP contribution < -0.4 is 0 Å². The molecular formula is C26H33N5O3. The van der Waals surface area contributed by atoms with Crippen molar-refractivity contribution in [2.75, 3.05) is 13.2 Å². The Morgan fingerprint density at radius 1 is 1.03 bits per heavy atom. The molecule has 0 spiro atoms. The molecule has 180 valence electrons. The van der Waals surface area contributed by atoms with Crippen LogP contribution in [0.1, 0.15) is 52.5 Å². The van der Waals surface area contributed by atoms with Crippen molar-refractivity contribution in [1.82, 2.24) is 25.5 Å². The highest BCUT2D eigenvalue weighted by molar-refractivity contribution is 5.81. The van der Waals surface area contributed by atoms with Gasteiger partial charge in [0.1, 0.15) is 0 Å². The van der Waals surface area contributed by atoms with Gasteiger partial charge in [-0.3, -0.25) is 9.59 Å². The standard InChI is InChI=1S/C26H33N5O3/c1-5-7-12-23(32)31(18-26(3,4)25(33)34-6-2)17-19-13-15-20(16-14-19)21-10-8-9-11-22(21)24-27-29-30-28-24/h8-11,13-16H,5-7,12,17-18H2,1-4H3,(H,27,28,29,30). The van der Waals surface area contributed by atoms with Gasteiger partial charge in [-0.05, 0) is 54.3 Å². The average Bonchev–Trinajstić information content (AvgIpc) is 3.37. The van der Waals surface area contributed by atoms with Gasteiger partial charge in [0.15, 0.2) is 5.82 Å². The topological polar surface area (TPSA) is 101 Å². The van der Waals surface area contributed by atoms with Crippen LogP contribution >= 0.6 is 0 Å². The Labute approximate surface area is 200 Å². The van der Waals surface area contributed by atoms with Gasteiger partial charge in [0.2, 0.25) is 5.91 Å². The Hall–Kier alpha value is -3.55. The zero-order chi connectivity index (χ0) is 24.6. The first-order chi connectivity index (χ1) is 16.4. The number of amides is 1. The fourth-order valence-electron chi connectivity index (χ4n) is 3.81. The van der Waals surface area contributed by atoms with Gasteiger partial charge >= 0.3 is 5.97 Å². The third-order valence-corrected chi connectivity index (χ3v) is 5.68. The van der Waals surface area contributed by atoms with Gasteiger partial charge in [-0.1, -0.05) is 61.9 Å². The van der Waals surface area contributed by atoms with E-state index in [0.717, 1.165) is 35.1 Å². The Kier molecular flexibility index (Phi) is 8.51. The number of nitrogens with one attached hydrogen (secondary N) is 1. The molecule has 0 unspecified atom stereocenters. The fraction of sp³-hybridized carbons (Fsp3) is 0.423. The van der Waals surface area contributed by atoms with E-state index < -0.39 is 5.41 Å². The molecule has 2 aromatic carbocycles.